The van der Waals surface area contributed by atoms with Crippen LogP contribution in [0, 0.1) is 0 Å². The lowest BCUT2D eigenvalue weighted by atomic mass is 9.82. The maximum absolute atomic E-state index is 5.12. The summed E-state index contributed by atoms with van der Waals surface area (Å²) in [6.45, 7) is 4.72. The van der Waals surface area contributed by atoms with Crippen LogP contribution in [0.4, 0.5) is 0 Å². The molecule has 0 N–H and O–H groups in total. The molecule has 1 aliphatic rings. The summed E-state index contributed by atoms with van der Waals surface area (Å²) in [5, 5.41) is 4.91. The molecule has 0 saturated heterocycles. The minimum Gasteiger partial charge on any atom is -0.309 e. The number of aromatic nitrogens is 5. The average molecular weight is 832 g/mol. The smallest absolute Gasteiger partial charge is 0.164 e. The molecule has 0 aliphatic heterocycles. The van der Waals surface area contributed by atoms with E-state index in [0.717, 1.165) is 33.6 Å². The van der Waals surface area contributed by atoms with E-state index < -0.39 is 0 Å². The van der Waals surface area contributed by atoms with Gasteiger partial charge in [0.1, 0.15) is 0 Å². The molecule has 0 amide bonds. The molecular weight excluding hydrogens is 791 g/mol. The minimum absolute atomic E-state index is 0.163. The standard InChI is InChI=1S/C60H41N5/c1-60(2)50-29-14-12-26-45(50)47-36-49-48-35-40(44-28-17-31-54-56(44)46-27-13-15-30-52(46)64(54)42-23-10-5-11-24-42)32-33-53(48)65(55(49)37-51(47)60)43-25-16-22-41(34-43)59-62-57(38-18-6-3-7-19-38)61-58(63-59)39-20-8-4-9-21-39/h3-37H,1-2H3. The Labute approximate surface area is 376 Å². The monoisotopic (exact) mass is 831 g/mol. The molecule has 5 heteroatoms. The van der Waals surface area contributed by atoms with Crippen LogP contribution in [0.25, 0.3) is 111 Å². The number of rotatable bonds is 6. The first-order valence-electron chi connectivity index (χ1n) is 22.3. The van der Waals surface area contributed by atoms with Crippen LogP contribution in [0.1, 0.15) is 25.0 Å². The van der Waals surface area contributed by atoms with Crippen LogP contribution in [0.3, 0.4) is 0 Å². The Morgan fingerprint density at radius 3 is 1.62 bits per heavy atom. The van der Waals surface area contributed by atoms with Crippen molar-refractivity contribution in [1.29, 1.82) is 0 Å². The van der Waals surface area contributed by atoms with Gasteiger partial charge in [0.2, 0.25) is 0 Å². The Kier molecular flexibility index (Phi) is 8.18. The van der Waals surface area contributed by atoms with Gasteiger partial charge in [0.15, 0.2) is 17.5 Å². The van der Waals surface area contributed by atoms with E-state index in [9.17, 15) is 0 Å². The minimum atomic E-state index is -0.163. The van der Waals surface area contributed by atoms with Gasteiger partial charge in [0.05, 0.1) is 22.1 Å². The largest absolute Gasteiger partial charge is 0.309 e. The fraction of sp³-hybridized carbons (Fsp3) is 0.0500. The number of benzene rings is 9. The first-order chi connectivity index (χ1) is 32.0. The SMILES string of the molecule is CC1(C)c2ccccc2-c2cc3c4cc(-c5cccc6c5c5ccccc5n6-c5ccccc5)ccc4n(-c4cccc(-c5nc(-c6ccccc6)nc(-c6ccccc6)n5)c4)c3cc21. The van der Waals surface area contributed by atoms with Crippen molar-refractivity contribution in [1.82, 2.24) is 24.1 Å². The topological polar surface area (TPSA) is 48.5 Å². The van der Waals surface area contributed by atoms with Gasteiger partial charge in [0.25, 0.3) is 0 Å². The van der Waals surface area contributed by atoms with Gasteiger partial charge in [-0.3, -0.25) is 0 Å². The van der Waals surface area contributed by atoms with Crippen LogP contribution >= 0.6 is 0 Å². The Morgan fingerprint density at radius 2 is 0.862 bits per heavy atom. The summed E-state index contributed by atoms with van der Waals surface area (Å²) in [4.78, 5) is 15.2. The molecule has 0 bridgehead atoms. The summed E-state index contributed by atoms with van der Waals surface area (Å²) in [6, 6.07) is 76.1. The average Bonchev–Trinajstić information content (AvgIpc) is 3.96. The molecule has 306 valence electrons. The zero-order valence-corrected chi connectivity index (χ0v) is 35.9. The van der Waals surface area contributed by atoms with Gasteiger partial charge in [-0.25, -0.2) is 15.0 Å². The Morgan fingerprint density at radius 1 is 0.323 bits per heavy atom. The lowest BCUT2D eigenvalue weighted by Gasteiger charge is -2.21. The molecule has 0 saturated carbocycles. The summed E-state index contributed by atoms with van der Waals surface area (Å²) >= 11 is 0. The molecule has 1 aliphatic carbocycles. The fourth-order valence-electron chi connectivity index (χ4n) is 10.5. The van der Waals surface area contributed by atoms with Gasteiger partial charge in [-0.15, -0.1) is 0 Å². The highest BCUT2D eigenvalue weighted by Gasteiger charge is 2.36. The second kappa shape index (κ2) is 14.3. The highest BCUT2D eigenvalue weighted by molar-refractivity contribution is 6.18. The fourth-order valence-corrected chi connectivity index (χ4v) is 10.5. The Bertz CT molecular complexity index is 3790. The van der Waals surface area contributed by atoms with Gasteiger partial charge < -0.3 is 9.13 Å². The molecule has 3 aromatic heterocycles. The van der Waals surface area contributed by atoms with E-state index in [1.165, 1.54) is 71.5 Å². The van der Waals surface area contributed by atoms with E-state index in [1.807, 2.05) is 36.4 Å². The number of nitrogens with zero attached hydrogens (tertiary/aromatic N) is 5. The van der Waals surface area contributed by atoms with Gasteiger partial charge in [0, 0.05) is 55.0 Å². The van der Waals surface area contributed by atoms with E-state index in [1.54, 1.807) is 0 Å². The number of hydrogen-bond acceptors (Lipinski definition) is 3. The Hall–Kier alpha value is -8.41. The number of para-hydroxylation sites is 2. The molecule has 65 heavy (non-hydrogen) atoms. The van der Waals surface area contributed by atoms with Crippen LogP contribution in [-0.2, 0) is 5.41 Å². The van der Waals surface area contributed by atoms with Crippen molar-refractivity contribution in [2.24, 2.45) is 0 Å². The van der Waals surface area contributed by atoms with Crippen LogP contribution in [0.2, 0.25) is 0 Å². The van der Waals surface area contributed by atoms with Gasteiger partial charge in [-0.2, -0.15) is 0 Å². The van der Waals surface area contributed by atoms with Crippen LogP contribution in [0.15, 0.2) is 212 Å². The van der Waals surface area contributed by atoms with Crippen molar-refractivity contribution in [2.75, 3.05) is 0 Å². The van der Waals surface area contributed by atoms with Gasteiger partial charge in [-0.05, 0) is 94.0 Å². The van der Waals surface area contributed by atoms with Gasteiger partial charge >= 0.3 is 0 Å². The third-order valence-electron chi connectivity index (χ3n) is 13.6. The molecule has 3 heterocycles. The molecule has 0 unspecified atom stereocenters. The number of hydrogen-bond donors (Lipinski definition) is 0. The lowest BCUT2D eigenvalue weighted by Crippen LogP contribution is -2.14. The lowest BCUT2D eigenvalue weighted by molar-refractivity contribution is 0.661. The van der Waals surface area contributed by atoms with E-state index in [2.05, 4.69) is 199 Å². The summed E-state index contributed by atoms with van der Waals surface area (Å²) in [6.07, 6.45) is 0. The van der Waals surface area contributed by atoms with Crippen LogP contribution in [0.5, 0.6) is 0 Å². The van der Waals surface area contributed by atoms with Crippen molar-refractivity contribution in [3.8, 4) is 67.8 Å². The first-order valence-corrected chi connectivity index (χ1v) is 22.3. The number of fused-ring (bicyclic) bond motifs is 9. The molecule has 0 spiro atoms. The molecule has 13 rings (SSSR count). The van der Waals surface area contributed by atoms with E-state index in [4.69, 9.17) is 15.0 Å². The third-order valence-corrected chi connectivity index (χ3v) is 13.6. The molecule has 9 aromatic carbocycles. The Balaban J connectivity index is 1.05. The summed E-state index contributed by atoms with van der Waals surface area (Å²) in [7, 11) is 0. The third kappa shape index (κ3) is 5.75. The predicted octanol–water partition coefficient (Wildman–Crippen LogP) is 15.0. The molecule has 5 nitrogen and oxygen atoms in total. The molecule has 0 atom stereocenters. The van der Waals surface area contributed by atoms with Crippen molar-refractivity contribution in [3.63, 3.8) is 0 Å². The van der Waals surface area contributed by atoms with Crippen molar-refractivity contribution in [3.05, 3.63) is 223 Å². The molecule has 0 radical (unpaired) electrons. The summed E-state index contributed by atoms with van der Waals surface area (Å²) in [5.41, 5.74) is 17.2. The van der Waals surface area contributed by atoms with Crippen LogP contribution < -0.4 is 0 Å². The second-order valence-corrected chi connectivity index (χ2v) is 17.6. The first kappa shape index (κ1) is 37.2. The van der Waals surface area contributed by atoms with E-state index in [-0.39, 0.29) is 5.41 Å². The predicted molar refractivity (Wildman–Crippen MR) is 268 cm³/mol. The zero-order chi connectivity index (χ0) is 43.2. The van der Waals surface area contributed by atoms with Crippen molar-refractivity contribution in [2.45, 2.75) is 19.3 Å². The highest BCUT2D eigenvalue weighted by atomic mass is 15.0. The maximum Gasteiger partial charge on any atom is 0.164 e. The molecule has 0 fully saturated rings. The maximum atomic E-state index is 5.12. The second-order valence-electron chi connectivity index (χ2n) is 17.6. The molecular formula is C60H41N5. The molecule has 12 aromatic rings. The summed E-state index contributed by atoms with van der Waals surface area (Å²) < 4.78 is 4.84. The highest BCUT2D eigenvalue weighted by Crippen LogP contribution is 2.51. The van der Waals surface area contributed by atoms with Gasteiger partial charge in [-0.1, -0.05) is 166 Å². The normalized spacial score (nSPS) is 12.9. The van der Waals surface area contributed by atoms with Crippen molar-refractivity contribution < 1.29 is 0 Å². The summed E-state index contributed by atoms with van der Waals surface area (Å²) in [5.74, 6) is 1.91. The van der Waals surface area contributed by atoms with Crippen molar-refractivity contribution >= 4 is 43.6 Å². The van der Waals surface area contributed by atoms with E-state index in [0.29, 0.717) is 17.5 Å². The zero-order valence-electron chi connectivity index (χ0n) is 35.9. The van der Waals surface area contributed by atoms with E-state index >= 15 is 0 Å². The quantitative estimate of drug-likeness (QED) is 0.168. The van der Waals surface area contributed by atoms with Crippen LogP contribution in [-0.4, -0.2) is 24.1 Å².